The van der Waals surface area contributed by atoms with Gasteiger partial charge >= 0.3 is 5.78 Å². The molecule has 1 aromatic carbocycles. The van der Waals surface area contributed by atoms with Crippen molar-refractivity contribution in [2.75, 3.05) is 7.11 Å². The lowest BCUT2D eigenvalue weighted by Gasteiger charge is -2.06. The Hall–Kier alpha value is -1.81. The summed E-state index contributed by atoms with van der Waals surface area (Å²) in [6.07, 6.45) is 0. The van der Waals surface area contributed by atoms with E-state index in [1.165, 1.54) is 7.11 Å². The van der Waals surface area contributed by atoms with E-state index in [0.717, 1.165) is 0 Å². The van der Waals surface area contributed by atoms with Gasteiger partial charge in [-0.2, -0.15) is 0 Å². The highest BCUT2D eigenvalue weighted by molar-refractivity contribution is 6.13. The molecule has 2 N–H and O–H groups in total. The summed E-state index contributed by atoms with van der Waals surface area (Å²) in [5, 5.41) is 9.03. The molecule has 0 atom stereocenters. The van der Waals surface area contributed by atoms with Crippen molar-refractivity contribution in [3.63, 3.8) is 0 Å². The summed E-state index contributed by atoms with van der Waals surface area (Å²) < 4.78 is 10.3. The third kappa shape index (κ3) is 1.39. The zero-order valence-electron chi connectivity index (χ0n) is 8.28. The predicted molar refractivity (Wildman–Crippen MR) is 54.7 cm³/mol. The van der Waals surface area contributed by atoms with Crippen LogP contribution < -0.4 is 9.47 Å². The minimum absolute atomic E-state index is 0.0152. The maximum Gasteiger partial charge on any atom is 0.392 e. The molecule has 0 radical (unpaired) electrons. The standard InChI is InChI=1S/C11H10O4/c1-6-10(13)8-3-7(5-12)4-9(14-2)11(8)15-6/h3-4,12H,1,5H2,2H3/p+1. The van der Waals surface area contributed by atoms with Crippen LogP contribution in [-0.2, 0) is 6.61 Å². The summed E-state index contributed by atoms with van der Waals surface area (Å²) >= 11 is 0. The Labute approximate surface area is 86.7 Å². The van der Waals surface area contributed by atoms with Crippen LogP contribution in [0.25, 0.3) is 0 Å². The van der Waals surface area contributed by atoms with Crippen LogP contribution in [-0.4, -0.2) is 22.8 Å². The SMILES string of the molecule is C=C1Oc2c(OC)cc(CO)cc2C1=[OH+]. The normalized spacial score (nSPS) is 13.7. The molecule has 15 heavy (non-hydrogen) atoms. The Morgan fingerprint density at radius 1 is 1.53 bits per heavy atom. The van der Waals surface area contributed by atoms with Gasteiger partial charge in [-0.05, 0) is 24.3 Å². The van der Waals surface area contributed by atoms with Crippen LogP contribution in [0.15, 0.2) is 24.5 Å². The maximum atomic E-state index is 9.64. The van der Waals surface area contributed by atoms with E-state index >= 15 is 0 Å². The quantitative estimate of drug-likeness (QED) is 0.581. The highest BCUT2D eigenvalue weighted by Crippen LogP contribution is 2.39. The van der Waals surface area contributed by atoms with Crippen molar-refractivity contribution in [3.8, 4) is 11.5 Å². The van der Waals surface area contributed by atoms with E-state index in [1.54, 1.807) is 12.1 Å². The van der Waals surface area contributed by atoms with Gasteiger partial charge in [0.1, 0.15) is 5.56 Å². The van der Waals surface area contributed by atoms with Gasteiger partial charge in [-0.15, -0.1) is 0 Å². The molecule has 1 heterocycles. The number of methoxy groups -OCH3 is 1. The van der Waals surface area contributed by atoms with Gasteiger partial charge in [-0.25, -0.2) is 0 Å². The fraction of sp³-hybridized carbons (Fsp3) is 0.182. The molecule has 4 nitrogen and oxygen atoms in total. The van der Waals surface area contributed by atoms with Crippen LogP contribution in [0.5, 0.6) is 11.5 Å². The van der Waals surface area contributed by atoms with E-state index in [2.05, 4.69) is 6.58 Å². The molecule has 0 saturated heterocycles. The summed E-state index contributed by atoms with van der Waals surface area (Å²) in [4.78, 5) is 9.64. The van der Waals surface area contributed by atoms with Crippen LogP contribution in [0, 0.1) is 0 Å². The van der Waals surface area contributed by atoms with E-state index in [9.17, 15) is 4.79 Å². The van der Waals surface area contributed by atoms with Gasteiger partial charge in [-0.3, -0.25) is 4.79 Å². The monoisotopic (exact) mass is 207 g/mol. The lowest BCUT2D eigenvalue weighted by molar-refractivity contribution is 0.280. The molecule has 2 rings (SSSR count). The van der Waals surface area contributed by atoms with Crippen LogP contribution in [0.3, 0.4) is 0 Å². The molecule has 0 saturated carbocycles. The van der Waals surface area contributed by atoms with Crippen LogP contribution in [0.2, 0.25) is 0 Å². The number of carbonyl (C=O) groups excluding carboxylic acids is 1. The average Bonchev–Trinajstić information content (AvgIpc) is 2.54. The van der Waals surface area contributed by atoms with E-state index in [4.69, 9.17) is 14.6 Å². The first-order valence-electron chi connectivity index (χ1n) is 4.42. The molecule has 0 bridgehead atoms. The highest BCUT2D eigenvalue weighted by Gasteiger charge is 2.34. The van der Waals surface area contributed by atoms with E-state index in [-0.39, 0.29) is 18.1 Å². The van der Waals surface area contributed by atoms with Crippen molar-refractivity contribution >= 4 is 5.78 Å². The Morgan fingerprint density at radius 2 is 2.27 bits per heavy atom. The summed E-state index contributed by atoms with van der Waals surface area (Å²) in [7, 11) is 1.50. The molecule has 1 aliphatic heterocycles. The van der Waals surface area contributed by atoms with Crippen molar-refractivity contribution in [1.82, 2.24) is 0 Å². The largest absolute Gasteiger partial charge is 0.493 e. The zero-order valence-corrected chi connectivity index (χ0v) is 8.28. The van der Waals surface area contributed by atoms with Crippen molar-refractivity contribution in [1.29, 1.82) is 0 Å². The smallest absolute Gasteiger partial charge is 0.392 e. The first-order valence-corrected chi connectivity index (χ1v) is 4.42. The summed E-state index contributed by atoms with van der Waals surface area (Å²) in [5.41, 5.74) is 1.15. The van der Waals surface area contributed by atoms with Gasteiger partial charge in [0, 0.05) is 0 Å². The first-order chi connectivity index (χ1) is 7.17. The van der Waals surface area contributed by atoms with Crippen molar-refractivity contribution in [3.05, 3.63) is 35.6 Å². The molecule has 4 heteroatoms. The predicted octanol–water partition coefficient (Wildman–Crippen LogP) is 0.987. The lowest BCUT2D eigenvalue weighted by Crippen LogP contribution is -1.98. The third-order valence-electron chi connectivity index (χ3n) is 2.26. The highest BCUT2D eigenvalue weighted by atomic mass is 16.5. The Bertz CT molecular complexity index is 448. The molecule has 0 aliphatic carbocycles. The Kier molecular flexibility index (Phi) is 2.21. The average molecular weight is 207 g/mol. The molecular formula is C11H11O4+. The molecule has 1 aromatic rings. The van der Waals surface area contributed by atoms with Gasteiger partial charge in [-0.1, -0.05) is 0 Å². The molecule has 0 aromatic heterocycles. The summed E-state index contributed by atoms with van der Waals surface area (Å²) in [6, 6.07) is 3.30. The number of rotatable bonds is 2. The van der Waals surface area contributed by atoms with Crippen LogP contribution in [0.1, 0.15) is 11.1 Å². The second kappa shape index (κ2) is 3.40. The number of benzene rings is 1. The molecule has 78 valence electrons. The number of ketones is 1. The number of aliphatic hydroxyl groups excluding tert-OH is 1. The van der Waals surface area contributed by atoms with Gasteiger partial charge in [0.15, 0.2) is 11.5 Å². The van der Waals surface area contributed by atoms with Crippen molar-refractivity contribution < 1.29 is 19.4 Å². The van der Waals surface area contributed by atoms with E-state index < -0.39 is 0 Å². The molecular weight excluding hydrogens is 196 g/mol. The fourth-order valence-electron chi connectivity index (χ4n) is 1.51. The molecule has 1 aliphatic rings. The minimum Gasteiger partial charge on any atom is -0.493 e. The van der Waals surface area contributed by atoms with E-state index in [1.807, 2.05) is 0 Å². The van der Waals surface area contributed by atoms with Gasteiger partial charge < -0.3 is 14.6 Å². The van der Waals surface area contributed by atoms with Crippen molar-refractivity contribution in [2.45, 2.75) is 6.61 Å². The van der Waals surface area contributed by atoms with Crippen molar-refractivity contribution in [2.24, 2.45) is 0 Å². The molecule has 0 fully saturated rings. The molecule has 0 spiro atoms. The van der Waals surface area contributed by atoms with Gasteiger partial charge in [0.05, 0.1) is 13.7 Å². The third-order valence-corrected chi connectivity index (χ3v) is 2.26. The first kappa shape index (κ1) is 9.73. The number of fused-ring (bicyclic) bond motifs is 1. The second-order valence-corrected chi connectivity index (χ2v) is 3.21. The fourth-order valence-corrected chi connectivity index (χ4v) is 1.51. The van der Waals surface area contributed by atoms with Crippen LogP contribution in [0.4, 0.5) is 0 Å². The Morgan fingerprint density at radius 3 is 2.87 bits per heavy atom. The lowest BCUT2D eigenvalue weighted by atomic mass is 10.1. The van der Waals surface area contributed by atoms with Gasteiger partial charge in [0.2, 0.25) is 5.76 Å². The number of hydrogen-bond donors (Lipinski definition) is 1. The molecule has 0 amide bonds. The van der Waals surface area contributed by atoms with Gasteiger partial charge in [0.25, 0.3) is 0 Å². The van der Waals surface area contributed by atoms with E-state index in [0.29, 0.717) is 22.6 Å². The number of hydrogen-bond acceptors (Lipinski definition) is 3. The minimum atomic E-state index is -0.122. The number of allylic oxidation sites excluding steroid dienone is 1. The maximum absolute atomic E-state index is 9.64. The zero-order chi connectivity index (χ0) is 11.0. The number of aliphatic hydroxyl groups is 1. The van der Waals surface area contributed by atoms with Crippen LogP contribution >= 0.6 is 0 Å². The Balaban J connectivity index is 2.62. The molecule has 0 unspecified atom stereocenters. The summed E-state index contributed by atoms with van der Waals surface area (Å²) in [5.74, 6) is 1.09. The summed E-state index contributed by atoms with van der Waals surface area (Å²) in [6.45, 7) is 3.43. The topological polar surface area (TPSA) is 60.1 Å². The second-order valence-electron chi connectivity index (χ2n) is 3.21. The number of ether oxygens (including phenoxy) is 2.